The molecule has 30 rings (SSSR count). The van der Waals surface area contributed by atoms with Crippen molar-refractivity contribution in [3.8, 4) is 101 Å². The maximum atomic E-state index is 6.45. The van der Waals surface area contributed by atoms with Crippen molar-refractivity contribution >= 4 is 256 Å². The van der Waals surface area contributed by atoms with Gasteiger partial charge in [0.15, 0.2) is 0 Å². The summed E-state index contributed by atoms with van der Waals surface area (Å²) in [4.78, 5) is 29.8. The first-order valence-corrected chi connectivity index (χ1v) is 49.6. The van der Waals surface area contributed by atoms with E-state index in [1.54, 1.807) is 0 Å². The molecule has 0 atom stereocenters. The highest BCUT2D eigenvalue weighted by molar-refractivity contribution is 7.28. The lowest BCUT2D eigenvalue weighted by Crippen LogP contribution is -1.88. The summed E-state index contributed by atoms with van der Waals surface area (Å²) in [5.41, 5.74) is 26.1. The van der Waals surface area contributed by atoms with Gasteiger partial charge in [0, 0.05) is 165 Å². The Kier molecular flexibility index (Phi) is 18.0. The van der Waals surface area contributed by atoms with Gasteiger partial charge < -0.3 is 13.3 Å². The molecular weight excluding hydrogens is 1770 g/mol. The van der Waals surface area contributed by atoms with Gasteiger partial charge in [0.25, 0.3) is 0 Å². The molecule has 0 spiro atoms. The van der Waals surface area contributed by atoms with E-state index in [-0.39, 0.29) is 0 Å². The van der Waals surface area contributed by atoms with E-state index >= 15 is 0 Å². The Morgan fingerprint density at radius 1 is 0.178 bits per heavy atom. The van der Waals surface area contributed by atoms with Crippen LogP contribution in [0.3, 0.4) is 0 Å². The quantitative estimate of drug-likeness (QED) is 0.139. The summed E-state index contributed by atoms with van der Waals surface area (Å²) in [6.45, 7) is 0. The topological polar surface area (TPSA) is 117 Å². The second-order valence-corrected chi connectivity index (χ2v) is 40.3. The van der Waals surface area contributed by atoms with Crippen molar-refractivity contribution in [2.24, 2.45) is 0 Å². The number of rotatable bonds is 9. The van der Waals surface area contributed by atoms with Crippen LogP contribution in [-0.4, -0.2) is 29.9 Å². The molecule has 0 radical (unpaired) electrons. The third-order valence-electron chi connectivity index (χ3n) is 26.3. The fourth-order valence-corrected chi connectivity index (χ4v) is 27.5. The number of furan rings is 3. The predicted molar refractivity (Wildman–Crippen MR) is 574 cm³/mol. The Balaban J connectivity index is 0.000000101. The molecule has 0 unspecified atom stereocenters. The fraction of sp³-hybridized carbons (Fsp3) is 0. The van der Waals surface area contributed by atoms with Gasteiger partial charge in [-0.15, -0.1) is 68.0 Å². The third-order valence-corrected chi connectivity index (χ3v) is 33.6. The molecule has 0 fully saturated rings. The second-order valence-electron chi connectivity index (χ2n) is 34.0. The van der Waals surface area contributed by atoms with Crippen LogP contribution >= 0.6 is 68.0 Å². The molecule has 0 amide bonds. The van der Waals surface area contributed by atoms with E-state index in [9.17, 15) is 0 Å². The second kappa shape index (κ2) is 31.3. The average molecular weight is 1830 g/mol. The lowest BCUT2D eigenvalue weighted by atomic mass is 9.99. The molecule has 0 aliphatic carbocycles. The van der Waals surface area contributed by atoms with Crippen molar-refractivity contribution in [2.45, 2.75) is 0 Å². The molecule has 12 aromatic heterocycles. The molecule has 9 nitrogen and oxygen atoms in total. The van der Waals surface area contributed by atoms with Gasteiger partial charge in [0.2, 0.25) is 17.1 Å². The highest BCUT2D eigenvalue weighted by Crippen LogP contribution is 2.51. The summed E-state index contributed by atoms with van der Waals surface area (Å²) in [5, 5.41) is 18.5. The van der Waals surface area contributed by atoms with Gasteiger partial charge in [0.1, 0.15) is 33.3 Å². The lowest BCUT2D eigenvalue weighted by molar-refractivity contribution is 0.652. The van der Waals surface area contributed by atoms with E-state index in [2.05, 4.69) is 376 Å². The normalized spacial score (nSPS) is 12.0. The SMILES string of the molecule is c1cc(-c2cnc3oc4c(-c5cccc6c5sc5ccccc56)cccc4c3n2)cc(-c2cccc3c2sc2ccccc23)c1.c1cc(-c2cnc3oc4cc(-c5cccc6c5sc5ccccc56)ccc4c3n2)cc(-c2cccc3c2sc2ccccc23)c1.c1cc(-c2cnc3oc4cccc(-c5cccc6c5sc5ccccc56)c4c3n2)cc(-c2cccc3c2sc2ccccc23)c1. The van der Waals surface area contributed by atoms with Crippen molar-refractivity contribution in [1.29, 1.82) is 0 Å². The van der Waals surface area contributed by atoms with E-state index in [0.29, 0.717) is 17.1 Å². The summed E-state index contributed by atoms with van der Waals surface area (Å²) >= 11 is 11.1. The summed E-state index contributed by atoms with van der Waals surface area (Å²) in [5.74, 6) is 0. The van der Waals surface area contributed by atoms with Crippen LogP contribution in [0.15, 0.2) is 414 Å². The Bertz CT molecular complexity index is 10200. The summed E-state index contributed by atoms with van der Waals surface area (Å²) in [6, 6.07) is 136. The molecule has 0 N–H and O–H groups in total. The number of aromatic nitrogens is 6. The van der Waals surface area contributed by atoms with E-state index < -0.39 is 0 Å². The predicted octanol–water partition coefficient (Wildman–Crippen LogP) is 36.3. The largest absolute Gasteiger partial charge is 0.436 e. The first-order valence-electron chi connectivity index (χ1n) is 44.7. The molecule has 0 aliphatic rings. The van der Waals surface area contributed by atoms with Crippen LogP contribution in [0.25, 0.3) is 288 Å². The zero-order valence-corrected chi connectivity index (χ0v) is 76.4. The number of thiophene rings is 6. The molecule has 0 saturated carbocycles. The molecular formula is C120H66N6O3S6. The van der Waals surface area contributed by atoms with Crippen molar-refractivity contribution in [1.82, 2.24) is 29.9 Å². The van der Waals surface area contributed by atoms with E-state index in [1.165, 1.54) is 171 Å². The van der Waals surface area contributed by atoms with Crippen LogP contribution < -0.4 is 0 Å². The van der Waals surface area contributed by atoms with E-state index in [1.807, 2.05) is 92.7 Å². The number of nitrogens with zero attached hydrogens (tertiary/aromatic N) is 6. The maximum Gasteiger partial charge on any atom is 0.246 e. The number of para-hydroxylation sites is 1. The van der Waals surface area contributed by atoms with Crippen LogP contribution in [0.2, 0.25) is 0 Å². The molecule has 18 aromatic carbocycles. The van der Waals surface area contributed by atoms with Gasteiger partial charge >= 0.3 is 0 Å². The standard InChI is InChI=1S/3C40H22N2OS2/c1-3-19-34-26(11-1)29-15-6-13-25(38(29)44-34)23-9-5-10-24(21-23)32-22-41-40-37(42-32)36-28(14-8-18-33(36)43-40)31-17-7-16-30-27-12-2-4-20-35(27)45-39(30)31;1-3-19-34-26(11-1)29-15-6-13-25(38(29)44-34)23-9-5-10-24(21-23)33-22-41-40-36(42-33)32-18-7-14-28(37(32)43-40)31-17-8-16-30-27-12-2-4-20-35(27)45-39(30)31;1-3-16-35-28(10-1)30-14-6-12-26(38(30)44-35)23-8-5-9-25(20-23)33-22-41-40-37(42-33)32-19-18-24(21-34(32)43-40)27-13-7-15-31-29-11-2-4-17-36(29)45-39(27)31/h3*1-22H. The minimum atomic E-state index is 0.552. The molecule has 0 bridgehead atoms. The molecule has 15 heteroatoms. The van der Waals surface area contributed by atoms with E-state index in [0.717, 1.165) is 99.9 Å². The van der Waals surface area contributed by atoms with Gasteiger partial charge in [0.05, 0.1) is 41.1 Å². The molecule has 135 heavy (non-hydrogen) atoms. The minimum Gasteiger partial charge on any atom is -0.436 e. The van der Waals surface area contributed by atoms with Crippen LogP contribution in [0.1, 0.15) is 0 Å². The monoisotopic (exact) mass is 1830 g/mol. The smallest absolute Gasteiger partial charge is 0.246 e. The fourth-order valence-electron chi connectivity index (χ4n) is 20.0. The molecule has 12 heterocycles. The van der Waals surface area contributed by atoms with Crippen molar-refractivity contribution in [3.05, 3.63) is 401 Å². The number of hydrogen-bond acceptors (Lipinski definition) is 15. The molecule has 0 saturated heterocycles. The highest BCUT2D eigenvalue weighted by Gasteiger charge is 2.25. The van der Waals surface area contributed by atoms with Crippen molar-refractivity contribution < 1.29 is 13.3 Å². The Labute approximate surface area is 793 Å². The molecule has 0 aliphatic heterocycles. The molecule has 30 aromatic rings. The number of hydrogen-bond donors (Lipinski definition) is 0. The van der Waals surface area contributed by atoms with Gasteiger partial charge in [-0.3, -0.25) is 0 Å². The minimum absolute atomic E-state index is 0.552. The van der Waals surface area contributed by atoms with Gasteiger partial charge in [-0.1, -0.05) is 303 Å². The first-order chi connectivity index (χ1) is 66.9. The van der Waals surface area contributed by atoms with Crippen LogP contribution in [0.4, 0.5) is 0 Å². The summed E-state index contributed by atoms with van der Waals surface area (Å²) in [7, 11) is 0. The van der Waals surface area contributed by atoms with Gasteiger partial charge in [-0.2, -0.15) is 0 Å². The van der Waals surface area contributed by atoms with Gasteiger partial charge in [-0.25, -0.2) is 29.9 Å². The highest BCUT2D eigenvalue weighted by atomic mass is 32.1. The van der Waals surface area contributed by atoms with Gasteiger partial charge in [-0.05, 0) is 129 Å². The van der Waals surface area contributed by atoms with Crippen molar-refractivity contribution in [2.75, 3.05) is 0 Å². The Morgan fingerprint density at radius 2 is 0.452 bits per heavy atom. The van der Waals surface area contributed by atoms with Crippen LogP contribution in [0, 0.1) is 0 Å². The number of fused-ring (bicyclic) bond motifs is 27. The first kappa shape index (κ1) is 77.7. The Hall–Kier alpha value is -16.1. The third kappa shape index (κ3) is 12.8. The Morgan fingerprint density at radius 3 is 0.852 bits per heavy atom. The lowest BCUT2D eigenvalue weighted by Gasteiger charge is -2.08. The summed E-state index contributed by atoms with van der Waals surface area (Å²) in [6.07, 6.45) is 5.48. The number of benzene rings is 18. The zero-order valence-electron chi connectivity index (χ0n) is 71.5. The zero-order chi connectivity index (χ0) is 88.5. The van der Waals surface area contributed by atoms with Crippen molar-refractivity contribution in [3.63, 3.8) is 0 Å². The summed E-state index contributed by atoms with van der Waals surface area (Å²) < 4.78 is 34.5. The van der Waals surface area contributed by atoms with Crippen LogP contribution in [-0.2, 0) is 0 Å². The maximum absolute atomic E-state index is 6.45. The molecule has 630 valence electrons. The van der Waals surface area contributed by atoms with Crippen LogP contribution in [0.5, 0.6) is 0 Å². The van der Waals surface area contributed by atoms with E-state index in [4.69, 9.17) is 43.2 Å². The average Bonchev–Trinajstić information content (AvgIpc) is 1.59.